The summed E-state index contributed by atoms with van der Waals surface area (Å²) in [6.07, 6.45) is 0. The van der Waals surface area contributed by atoms with Crippen LogP contribution in [0.15, 0.2) is 44.3 Å². The molecule has 1 aromatic carbocycles. The molecule has 1 saturated heterocycles. The summed E-state index contributed by atoms with van der Waals surface area (Å²) in [7, 11) is 0. The summed E-state index contributed by atoms with van der Waals surface area (Å²) in [4.78, 5) is 36.9. The summed E-state index contributed by atoms with van der Waals surface area (Å²) in [6, 6.07) is 9.68. The van der Waals surface area contributed by atoms with Crippen LogP contribution in [0.25, 0.3) is 22.5 Å². The molecule has 3 aromatic heterocycles. The molecule has 0 spiro atoms. The highest BCUT2D eigenvalue weighted by Gasteiger charge is 2.20. The van der Waals surface area contributed by atoms with E-state index >= 15 is 0 Å². The number of hydrogen-bond acceptors (Lipinski definition) is 8. The van der Waals surface area contributed by atoms with Gasteiger partial charge in [0.25, 0.3) is 11.4 Å². The lowest BCUT2D eigenvalue weighted by molar-refractivity contribution is 0.250. The number of piperazine rings is 1. The normalized spacial score (nSPS) is 14.7. The third-order valence-corrected chi connectivity index (χ3v) is 6.28. The molecule has 0 bridgehead atoms. The molecular weight excluding hydrogens is 434 g/mol. The van der Waals surface area contributed by atoms with Crippen LogP contribution < -0.4 is 16.1 Å². The number of benzene rings is 1. The minimum Gasteiger partial charge on any atom is -0.420 e. The number of aryl methyl sites for hydroxylation is 2. The summed E-state index contributed by atoms with van der Waals surface area (Å²) in [5.74, 6) is 0.952. The summed E-state index contributed by atoms with van der Waals surface area (Å²) >= 11 is 0. The Morgan fingerprint density at radius 3 is 2.50 bits per heavy atom. The second kappa shape index (κ2) is 8.86. The van der Waals surface area contributed by atoms with Crippen molar-refractivity contribution in [2.24, 2.45) is 0 Å². The maximum absolute atomic E-state index is 12.5. The van der Waals surface area contributed by atoms with Gasteiger partial charge in [0.05, 0.1) is 22.3 Å². The van der Waals surface area contributed by atoms with E-state index in [1.165, 1.54) is 4.57 Å². The number of H-pyrrole nitrogens is 1. The van der Waals surface area contributed by atoms with Crippen LogP contribution in [0.4, 0.5) is 5.69 Å². The van der Waals surface area contributed by atoms with E-state index in [4.69, 9.17) is 4.42 Å². The van der Waals surface area contributed by atoms with Crippen LogP contribution in [0.2, 0.25) is 0 Å². The highest BCUT2D eigenvalue weighted by molar-refractivity contribution is 5.78. The van der Waals surface area contributed by atoms with Crippen LogP contribution in [-0.2, 0) is 13.1 Å². The minimum absolute atomic E-state index is 0.245. The van der Waals surface area contributed by atoms with E-state index in [9.17, 15) is 9.59 Å². The molecule has 0 saturated carbocycles. The molecule has 0 radical (unpaired) electrons. The van der Waals surface area contributed by atoms with Gasteiger partial charge in [-0.2, -0.15) is 0 Å². The molecule has 0 atom stereocenters. The molecule has 176 valence electrons. The Labute approximate surface area is 195 Å². The lowest BCUT2D eigenvalue weighted by Gasteiger charge is -2.36. The summed E-state index contributed by atoms with van der Waals surface area (Å²) in [5.41, 5.74) is 3.77. The summed E-state index contributed by atoms with van der Waals surface area (Å²) in [5, 5.41) is 8.46. The molecule has 5 rings (SSSR count). The van der Waals surface area contributed by atoms with Gasteiger partial charge in [0.2, 0.25) is 5.89 Å². The monoisotopic (exact) mass is 461 g/mol. The Morgan fingerprint density at radius 1 is 1.03 bits per heavy atom. The largest absolute Gasteiger partial charge is 0.420 e. The van der Waals surface area contributed by atoms with Gasteiger partial charge < -0.3 is 14.3 Å². The number of nitrogens with one attached hydrogen (secondary N) is 1. The van der Waals surface area contributed by atoms with Crippen LogP contribution in [0.1, 0.15) is 24.1 Å². The molecule has 0 unspecified atom stereocenters. The average Bonchev–Trinajstić information content (AvgIpc) is 3.26. The number of rotatable bonds is 5. The van der Waals surface area contributed by atoms with Crippen molar-refractivity contribution in [3.8, 4) is 11.6 Å². The smallest absolute Gasteiger partial charge is 0.328 e. The third kappa shape index (κ3) is 4.12. The Bertz CT molecular complexity index is 1460. The number of hydrogen-bond donors (Lipinski definition) is 1. The van der Waals surface area contributed by atoms with Crippen molar-refractivity contribution in [1.82, 2.24) is 29.6 Å². The van der Waals surface area contributed by atoms with Gasteiger partial charge in [0.1, 0.15) is 5.69 Å². The first-order chi connectivity index (χ1) is 16.4. The van der Waals surface area contributed by atoms with E-state index < -0.39 is 0 Å². The van der Waals surface area contributed by atoms with E-state index in [1.807, 2.05) is 31.2 Å². The highest BCUT2D eigenvalue weighted by atomic mass is 16.4. The van der Waals surface area contributed by atoms with Gasteiger partial charge in [-0.25, -0.2) is 9.78 Å². The predicted molar refractivity (Wildman–Crippen MR) is 129 cm³/mol. The van der Waals surface area contributed by atoms with Gasteiger partial charge in [-0.05, 0) is 43.7 Å². The van der Waals surface area contributed by atoms with E-state index in [-0.39, 0.29) is 11.2 Å². The van der Waals surface area contributed by atoms with Gasteiger partial charge in [-0.15, -0.1) is 10.2 Å². The van der Waals surface area contributed by atoms with Gasteiger partial charge in [0, 0.05) is 46.2 Å². The minimum atomic E-state index is -0.366. The van der Waals surface area contributed by atoms with Gasteiger partial charge in [-0.1, -0.05) is 6.07 Å². The molecule has 1 fully saturated rings. The van der Waals surface area contributed by atoms with Crippen LogP contribution in [0.3, 0.4) is 0 Å². The quantitative estimate of drug-likeness (QED) is 0.481. The van der Waals surface area contributed by atoms with Gasteiger partial charge >= 0.3 is 5.69 Å². The molecular formula is C24H27N7O3. The number of aromatic amines is 1. The summed E-state index contributed by atoms with van der Waals surface area (Å²) in [6.45, 7) is 10.2. The zero-order valence-corrected chi connectivity index (χ0v) is 19.5. The number of aromatic nitrogens is 5. The molecule has 1 aliphatic heterocycles. The zero-order chi connectivity index (χ0) is 23.8. The van der Waals surface area contributed by atoms with Gasteiger partial charge in [-0.3, -0.25) is 14.3 Å². The fraction of sp³-hybridized carbons (Fsp3) is 0.375. The van der Waals surface area contributed by atoms with Crippen molar-refractivity contribution in [3.05, 3.63) is 68.3 Å². The molecule has 4 aromatic rings. The molecule has 4 heterocycles. The molecule has 10 nitrogen and oxygen atoms in total. The number of pyridine rings is 1. The predicted octanol–water partition coefficient (Wildman–Crippen LogP) is 2.09. The fourth-order valence-electron chi connectivity index (χ4n) is 4.50. The molecule has 10 heteroatoms. The maximum Gasteiger partial charge on any atom is 0.328 e. The lowest BCUT2D eigenvalue weighted by Crippen LogP contribution is -2.46. The van der Waals surface area contributed by atoms with Crippen LogP contribution >= 0.6 is 0 Å². The van der Waals surface area contributed by atoms with Crippen LogP contribution in [0.5, 0.6) is 0 Å². The van der Waals surface area contributed by atoms with Crippen molar-refractivity contribution >= 4 is 16.6 Å². The van der Waals surface area contributed by atoms with Crippen molar-refractivity contribution in [2.45, 2.75) is 33.9 Å². The van der Waals surface area contributed by atoms with E-state index in [2.05, 4.69) is 36.0 Å². The SMILES string of the molecule is CCn1c(=O)[nH]c2cc(CN3CCN(c4ccc(-c5nnc(C)o5)nc4C)CC3)ccc2c1=O. The van der Waals surface area contributed by atoms with Crippen molar-refractivity contribution < 1.29 is 4.42 Å². The number of anilines is 1. The molecule has 1 N–H and O–H groups in total. The molecule has 0 amide bonds. The Hall–Kier alpha value is -3.79. The van der Waals surface area contributed by atoms with E-state index in [0.29, 0.717) is 34.9 Å². The van der Waals surface area contributed by atoms with Crippen molar-refractivity contribution in [3.63, 3.8) is 0 Å². The first kappa shape index (κ1) is 22.0. The van der Waals surface area contributed by atoms with E-state index in [1.54, 1.807) is 13.8 Å². The Balaban J connectivity index is 1.26. The van der Waals surface area contributed by atoms with Gasteiger partial charge in [0.15, 0.2) is 0 Å². The first-order valence-electron chi connectivity index (χ1n) is 11.4. The van der Waals surface area contributed by atoms with Crippen molar-refractivity contribution in [1.29, 1.82) is 0 Å². The highest BCUT2D eigenvalue weighted by Crippen LogP contribution is 2.25. The third-order valence-electron chi connectivity index (χ3n) is 6.28. The second-order valence-corrected chi connectivity index (χ2v) is 8.55. The molecule has 1 aliphatic rings. The maximum atomic E-state index is 12.5. The van der Waals surface area contributed by atoms with Crippen molar-refractivity contribution in [2.75, 3.05) is 31.1 Å². The standard InChI is InChI=1S/C24H27N7O3/c1-4-31-23(32)18-6-5-17(13-20(18)26-24(31)33)14-29-9-11-30(12-10-29)21-8-7-19(25-15(21)2)22-28-27-16(3)34-22/h5-8,13H,4,9-12,14H2,1-3H3,(H,26,33). The molecule has 0 aliphatic carbocycles. The second-order valence-electron chi connectivity index (χ2n) is 8.55. The molecule has 34 heavy (non-hydrogen) atoms. The summed E-state index contributed by atoms with van der Waals surface area (Å²) < 4.78 is 6.70. The first-order valence-corrected chi connectivity index (χ1v) is 11.4. The topological polar surface area (TPSA) is 113 Å². The average molecular weight is 462 g/mol. The number of nitrogens with zero attached hydrogens (tertiary/aromatic N) is 6. The fourth-order valence-corrected chi connectivity index (χ4v) is 4.50. The zero-order valence-electron chi connectivity index (χ0n) is 19.5. The van der Waals surface area contributed by atoms with E-state index in [0.717, 1.165) is 49.7 Å². The Kier molecular flexibility index (Phi) is 5.74. The van der Waals surface area contributed by atoms with Crippen LogP contribution in [0, 0.1) is 13.8 Å². The Morgan fingerprint density at radius 2 is 1.82 bits per heavy atom. The van der Waals surface area contributed by atoms with Crippen LogP contribution in [-0.4, -0.2) is 55.8 Å². The lowest BCUT2D eigenvalue weighted by atomic mass is 10.1. The number of fused-ring (bicyclic) bond motifs is 1.